The van der Waals surface area contributed by atoms with Crippen LogP contribution >= 0.6 is 0 Å². The van der Waals surface area contributed by atoms with Crippen LogP contribution < -0.4 is 14.8 Å². The molecule has 440 valence electrons. The Morgan fingerprint density at radius 2 is 1.38 bits per heavy atom. The van der Waals surface area contributed by atoms with Gasteiger partial charge in [-0.1, -0.05) is 33.3 Å². The second kappa shape index (κ2) is 28.7. The maximum Gasteiger partial charge on any atom is 0.329 e. The van der Waals surface area contributed by atoms with E-state index in [-0.39, 0.29) is 81.5 Å². The molecule has 1 aromatic heterocycles. The molecule has 0 spiro atoms. The van der Waals surface area contributed by atoms with E-state index < -0.39 is 41.4 Å². The van der Waals surface area contributed by atoms with E-state index >= 15 is 0 Å². The first-order valence-electron chi connectivity index (χ1n) is 28.1. The third kappa shape index (κ3) is 15.8. The molecule has 3 aliphatic rings. The van der Waals surface area contributed by atoms with Gasteiger partial charge in [-0.15, -0.1) is 0 Å². The number of carboxylic acid groups (broad SMARTS) is 4. The van der Waals surface area contributed by atoms with Gasteiger partial charge in [-0.25, -0.2) is 9.48 Å². The zero-order valence-electron chi connectivity index (χ0n) is 48.0. The second-order valence-electron chi connectivity index (χ2n) is 22.4. The fraction of sp³-hybridized carbons (Fsp3) is 0.621. The first-order chi connectivity index (χ1) is 38.1. The van der Waals surface area contributed by atoms with Crippen LogP contribution in [-0.4, -0.2) is 227 Å². The molecule has 3 amide bonds. The van der Waals surface area contributed by atoms with Crippen molar-refractivity contribution in [1.29, 1.82) is 0 Å². The van der Waals surface area contributed by atoms with Crippen molar-refractivity contribution in [3.05, 3.63) is 59.3 Å². The molecule has 22 heteroatoms. The van der Waals surface area contributed by atoms with Crippen molar-refractivity contribution in [1.82, 2.24) is 44.5 Å². The molecule has 2 aliphatic carbocycles. The maximum absolute atomic E-state index is 14.5. The Bertz CT molecular complexity index is 2610. The highest BCUT2D eigenvalue weighted by Crippen LogP contribution is 2.49. The number of nitrogens with one attached hydrogen (secondary N) is 1. The third-order valence-corrected chi connectivity index (χ3v) is 16.6. The van der Waals surface area contributed by atoms with Crippen molar-refractivity contribution in [2.24, 2.45) is 17.8 Å². The summed E-state index contributed by atoms with van der Waals surface area (Å²) in [6.07, 6.45) is 5.96. The summed E-state index contributed by atoms with van der Waals surface area (Å²) in [7, 11) is 8.51. The minimum Gasteiger partial charge on any atom is -0.496 e. The number of nitrogens with zero attached hydrogens (tertiary/aromatic N) is 8. The molecule has 2 saturated carbocycles. The minimum absolute atomic E-state index is 0.0157. The largest absolute Gasteiger partial charge is 0.496 e. The van der Waals surface area contributed by atoms with Crippen molar-refractivity contribution in [2.75, 3.05) is 114 Å². The fourth-order valence-corrected chi connectivity index (χ4v) is 12.0. The van der Waals surface area contributed by atoms with Crippen molar-refractivity contribution in [3.8, 4) is 28.4 Å². The lowest BCUT2D eigenvalue weighted by molar-refractivity contribution is -0.151. The summed E-state index contributed by atoms with van der Waals surface area (Å²) >= 11 is 0. The van der Waals surface area contributed by atoms with E-state index in [2.05, 4.69) is 17.1 Å². The second-order valence-corrected chi connectivity index (χ2v) is 22.4. The summed E-state index contributed by atoms with van der Waals surface area (Å²) < 4.78 is 13.3. The van der Waals surface area contributed by atoms with Crippen LogP contribution in [0.5, 0.6) is 11.5 Å². The normalized spacial score (nSPS) is 20.5. The SMILES string of the molecule is CCC1CC2CCC(NC(=O)c3cc(-c4c(OC)cccc4OC)n(-c4ccc(C(=O)N(C)CCCN(C)CCCN(C)C(=O)CCC(C(=O)O)N5CCN(CC(=O)O)CCN(CC(=O)O)CC5)cc4C(C)C)n3)(C(=O)O)C(C1)C2. The Hall–Kier alpha value is -6.62. The first-order valence-corrected chi connectivity index (χ1v) is 28.1. The van der Waals surface area contributed by atoms with Gasteiger partial charge in [0.2, 0.25) is 5.91 Å². The molecule has 5 atom stereocenters. The summed E-state index contributed by atoms with van der Waals surface area (Å²) in [5, 5.41) is 47.8. The molecule has 2 bridgehead atoms. The number of benzene rings is 2. The number of fused-ring (bicyclic) bond motifs is 2. The Kier molecular flexibility index (Phi) is 22.4. The zero-order valence-corrected chi connectivity index (χ0v) is 48.0. The van der Waals surface area contributed by atoms with E-state index in [9.17, 15) is 54.0 Å². The number of rotatable bonds is 27. The highest BCUT2D eigenvalue weighted by atomic mass is 16.5. The van der Waals surface area contributed by atoms with Crippen LogP contribution in [0.4, 0.5) is 0 Å². The molecule has 0 radical (unpaired) electrons. The van der Waals surface area contributed by atoms with Crippen LogP contribution in [0.25, 0.3) is 16.9 Å². The number of ether oxygens (including phenoxy) is 2. The molecular weight excluding hydrogens is 1030 g/mol. The van der Waals surface area contributed by atoms with Gasteiger partial charge in [0.05, 0.1) is 44.3 Å². The highest BCUT2D eigenvalue weighted by Gasteiger charge is 2.53. The third-order valence-electron chi connectivity index (χ3n) is 16.6. The van der Waals surface area contributed by atoms with Gasteiger partial charge in [-0.05, 0) is 137 Å². The van der Waals surface area contributed by atoms with Gasteiger partial charge in [-0.3, -0.25) is 43.5 Å². The highest BCUT2D eigenvalue weighted by molar-refractivity contribution is 5.98. The zero-order chi connectivity index (χ0) is 58.4. The van der Waals surface area contributed by atoms with Crippen LogP contribution in [0.15, 0.2) is 42.5 Å². The van der Waals surface area contributed by atoms with Crippen LogP contribution in [0, 0.1) is 17.8 Å². The van der Waals surface area contributed by atoms with Crippen molar-refractivity contribution in [2.45, 2.75) is 102 Å². The summed E-state index contributed by atoms with van der Waals surface area (Å²) in [5.74, 6) is -3.69. The molecule has 2 heterocycles. The minimum atomic E-state index is -1.43. The van der Waals surface area contributed by atoms with Gasteiger partial charge in [0.15, 0.2) is 5.69 Å². The van der Waals surface area contributed by atoms with E-state index in [1.807, 2.05) is 33.0 Å². The molecule has 2 aromatic carbocycles. The number of aliphatic carboxylic acids is 4. The Balaban J connectivity index is 1.07. The number of amides is 3. The Morgan fingerprint density at radius 3 is 1.93 bits per heavy atom. The average molecular weight is 1120 g/mol. The van der Waals surface area contributed by atoms with Crippen LogP contribution in [0.2, 0.25) is 0 Å². The molecule has 5 N–H and O–H groups in total. The monoisotopic (exact) mass is 1120 g/mol. The molecule has 3 aromatic rings. The summed E-state index contributed by atoms with van der Waals surface area (Å²) in [6, 6.07) is 11.4. The Labute approximate surface area is 469 Å². The van der Waals surface area contributed by atoms with Crippen molar-refractivity contribution >= 4 is 41.6 Å². The molecule has 1 aliphatic heterocycles. The summed E-state index contributed by atoms with van der Waals surface area (Å²) in [6.45, 7) is 9.60. The number of methoxy groups -OCH3 is 2. The van der Waals surface area contributed by atoms with Gasteiger partial charge >= 0.3 is 23.9 Å². The van der Waals surface area contributed by atoms with E-state index in [4.69, 9.17) is 14.6 Å². The number of aromatic nitrogens is 2. The predicted molar refractivity (Wildman–Crippen MR) is 300 cm³/mol. The molecule has 3 fully saturated rings. The maximum atomic E-state index is 14.5. The fourth-order valence-electron chi connectivity index (χ4n) is 12.0. The Morgan fingerprint density at radius 1 is 0.775 bits per heavy atom. The van der Waals surface area contributed by atoms with E-state index in [1.165, 1.54) is 0 Å². The topological polar surface area (TPSA) is 268 Å². The number of carboxylic acids is 4. The van der Waals surface area contributed by atoms with Gasteiger partial charge in [0, 0.05) is 78.4 Å². The molecule has 6 rings (SSSR count). The van der Waals surface area contributed by atoms with Crippen LogP contribution in [0.3, 0.4) is 0 Å². The van der Waals surface area contributed by atoms with E-state index in [1.54, 1.807) is 87.8 Å². The lowest BCUT2D eigenvalue weighted by atomic mass is 9.59. The number of hydrogen-bond acceptors (Lipinski definition) is 14. The van der Waals surface area contributed by atoms with Gasteiger partial charge in [0.25, 0.3) is 11.8 Å². The van der Waals surface area contributed by atoms with E-state index in [0.29, 0.717) is 104 Å². The van der Waals surface area contributed by atoms with Gasteiger partial charge in [-0.2, -0.15) is 5.10 Å². The standard InChI is InChI=1S/C58H85N9O13/c1-9-39-31-40-19-20-58(57(77)78,42(32-39)33-40)59-54(73)44-35-47(53-48(79-7)13-10-14-49(53)80-8)67(60-44)45-16-15-41(34-43(45)38(2)3)55(74)63(6)24-12-22-61(4)21-11-23-62(5)50(68)18-17-46(56(75)76)66-29-27-64(36-51(69)70)25-26-65(28-30-66)37-52(71)72/h10,13-16,34-35,38-40,42,46H,9,11-12,17-33,36-37H2,1-8H3,(H,59,73)(H,69,70)(H,71,72)(H,75,76)(H,77,78). The van der Waals surface area contributed by atoms with Crippen LogP contribution in [-0.2, 0) is 24.0 Å². The molecule has 80 heavy (non-hydrogen) atoms. The summed E-state index contributed by atoms with van der Waals surface area (Å²) in [5.41, 5.74) is 1.49. The average Bonchev–Trinajstić information content (AvgIpc) is 3.97. The molecular formula is C58H85N9O13. The van der Waals surface area contributed by atoms with E-state index in [0.717, 1.165) is 37.7 Å². The molecule has 22 nitrogen and oxygen atoms in total. The van der Waals surface area contributed by atoms with Crippen LogP contribution in [0.1, 0.15) is 117 Å². The predicted octanol–water partition coefficient (Wildman–Crippen LogP) is 5.03. The molecule has 5 unspecified atom stereocenters. The lowest BCUT2D eigenvalue weighted by Crippen LogP contribution is -2.62. The van der Waals surface area contributed by atoms with Gasteiger partial charge in [0.1, 0.15) is 23.1 Å². The smallest absolute Gasteiger partial charge is 0.329 e. The van der Waals surface area contributed by atoms with Crippen molar-refractivity contribution < 1.29 is 63.5 Å². The molecule has 1 saturated heterocycles. The van der Waals surface area contributed by atoms with Crippen molar-refractivity contribution in [3.63, 3.8) is 0 Å². The van der Waals surface area contributed by atoms with Gasteiger partial charge < -0.3 is 49.9 Å². The lowest BCUT2D eigenvalue weighted by Gasteiger charge is -2.49. The first kappa shape index (κ1) is 62.6. The number of carbonyl (C=O) groups is 7. The summed E-state index contributed by atoms with van der Waals surface area (Å²) in [4.78, 5) is 101. The quantitative estimate of drug-likeness (QED) is 0.0670. The number of carbonyl (C=O) groups excluding carboxylic acids is 3. The number of hydrogen-bond donors (Lipinski definition) is 5.